The van der Waals surface area contributed by atoms with E-state index in [1.807, 2.05) is 6.07 Å². The molecule has 1 N–H and O–H groups in total. The number of hydrogen-bond donors (Lipinski definition) is 1. The molecule has 0 spiro atoms. The summed E-state index contributed by atoms with van der Waals surface area (Å²) >= 11 is 3.48. The van der Waals surface area contributed by atoms with Crippen LogP contribution in [-0.4, -0.2) is 12.2 Å². The molecule has 1 atom stereocenters. The summed E-state index contributed by atoms with van der Waals surface area (Å²) in [5.41, 5.74) is 2.67. The maximum Gasteiger partial charge on any atom is 0.391 e. The zero-order valence-corrected chi connectivity index (χ0v) is 13.3. The van der Waals surface area contributed by atoms with E-state index in [0.29, 0.717) is 18.9 Å². The van der Waals surface area contributed by atoms with Gasteiger partial charge in [-0.05, 0) is 61.8 Å². The molecule has 0 amide bonds. The van der Waals surface area contributed by atoms with Gasteiger partial charge in [0.2, 0.25) is 0 Å². The highest BCUT2D eigenvalue weighted by atomic mass is 79.9. The van der Waals surface area contributed by atoms with Crippen molar-refractivity contribution in [2.45, 2.75) is 56.8 Å². The van der Waals surface area contributed by atoms with E-state index in [1.54, 1.807) is 0 Å². The Kier molecular flexibility index (Phi) is 4.33. The Morgan fingerprint density at radius 3 is 2.43 bits per heavy atom. The Morgan fingerprint density at radius 1 is 1.05 bits per heavy atom. The summed E-state index contributed by atoms with van der Waals surface area (Å²) in [7, 11) is 0. The van der Waals surface area contributed by atoms with Gasteiger partial charge in [-0.2, -0.15) is 13.2 Å². The number of alkyl halides is 3. The fraction of sp³-hybridized carbons (Fsp3) is 0.625. The Morgan fingerprint density at radius 2 is 1.76 bits per heavy atom. The van der Waals surface area contributed by atoms with Crippen molar-refractivity contribution in [2.75, 3.05) is 0 Å². The molecule has 0 radical (unpaired) electrons. The number of fused-ring (bicyclic) bond motifs is 1. The summed E-state index contributed by atoms with van der Waals surface area (Å²) in [5.74, 6) is -1.10. The molecule has 0 bridgehead atoms. The van der Waals surface area contributed by atoms with Gasteiger partial charge in [0.15, 0.2) is 0 Å². The minimum absolute atomic E-state index is 0.225. The normalized spacial score (nSPS) is 29.4. The number of rotatable bonds is 2. The number of aryl methyl sites for hydroxylation is 1. The molecule has 2 aliphatic rings. The molecular formula is C16H19BrF3N. The molecule has 1 unspecified atom stereocenters. The Hall–Kier alpha value is -0.550. The number of hydrogen-bond acceptors (Lipinski definition) is 1. The lowest BCUT2D eigenvalue weighted by atomic mass is 9.85. The highest BCUT2D eigenvalue weighted by Gasteiger charge is 2.41. The van der Waals surface area contributed by atoms with Crippen LogP contribution < -0.4 is 5.32 Å². The molecule has 0 heterocycles. The molecule has 1 fully saturated rings. The highest BCUT2D eigenvalue weighted by Crippen LogP contribution is 2.39. The van der Waals surface area contributed by atoms with Crippen LogP contribution in [0.1, 0.15) is 49.3 Å². The van der Waals surface area contributed by atoms with E-state index in [2.05, 4.69) is 33.4 Å². The van der Waals surface area contributed by atoms with Crippen LogP contribution in [-0.2, 0) is 6.42 Å². The largest absolute Gasteiger partial charge is 0.391 e. The van der Waals surface area contributed by atoms with Gasteiger partial charge >= 0.3 is 6.18 Å². The zero-order valence-electron chi connectivity index (χ0n) is 11.7. The molecule has 2 aliphatic carbocycles. The van der Waals surface area contributed by atoms with E-state index < -0.39 is 12.1 Å². The third-order valence-corrected chi connectivity index (χ3v) is 5.30. The fourth-order valence-electron chi connectivity index (χ4n) is 3.63. The molecular weight excluding hydrogens is 343 g/mol. The molecule has 1 aromatic carbocycles. The molecule has 0 aliphatic heterocycles. The van der Waals surface area contributed by atoms with Gasteiger partial charge in [-0.15, -0.1) is 0 Å². The number of nitrogens with one attached hydrogen (secondary N) is 1. The molecule has 21 heavy (non-hydrogen) atoms. The zero-order chi connectivity index (χ0) is 15.0. The van der Waals surface area contributed by atoms with Gasteiger partial charge in [0.1, 0.15) is 0 Å². The number of benzene rings is 1. The van der Waals surface area contributed by atoms with Gasteiger partial charge in [-0.3, -0.25) is 0 Å². The predicted octanol–water partition coefficient (Wildman–Crippen LogP) is 5.15. The number of halogens is 4. The fourth-order valence-corrected chi connectivity index (χ4v) is 4.04. The average molecular weight is 362 g/mol. The Labute approximate surface area is 131 Å². The molecule has 0 aromatic heterocycles. The van der Waals surface area contributed by atoms with Crippen LogP contribution >= 0.6 is 15.9 Å². The van der Waals surface area contributed by atoms with E-state index in [9.17, 15) is 13.2 Å². The van der Waals surface area contributed by atoms with Crippen molar-refractivity contribution < 1.29 is 13.2 Å². The monoisotopic (exact) mass is 361 g/mol. The van der Waals surface area contributed by atoms with Crippen molar-refractivity contribution in [3.63, 3.8) is 0 Å². The Bertz CT molecular complexity index is 507. The van der Waals surface area contributed by atoms with Crippen LogP contribution in [0.5, 0.6) is 0 Å². The standard InChI is InChI=1S/C16H19BrF3N/c17-12-4-7-14-10(9-12)1-8-15(14)21-13-5-2-11(3-6-13)16(18,19)20/h4,7,9,11,13,15,21H,1-3,5-6,8H2. The minimum atomic E-state index is -4.02. The van der Waals surface area contributed by atoms with Crippen molar-refractivity contribution in [2.24, 2.45) is 5.92 Å². The van der Waals surface area contributed by atoms with Crippen LogP contribution in [0.15, 0.2) is 22.7 Å². The first-order valence-electron chi connectivity index (χ1n) is 7.54. The van der Waals surface area contributed by atoms with E-state index in [0.717, 1.165) is 17.3 Å². The van der Waals surface area contributed by atoms with E-state index in [-0.39, 0.29) is 18.9 Å². The first kappa shape index (κ1) is 15.3. The van der Waals surface area contributed by atoms with Crippen LogP contribution in [0.3, 0.4) is 0 Å². The van der Waals surface area contributed by atoms with Crippen LogP contribution in [0.25, 0.3) is 0 Å². The van der Waals surface area contributed by atoms with Gasteiger partial charge in [0.05, 0.1) is 5.92 Å². The van der Waals surface area contributed by atoms with Crippen molar-refractivity contribution in [3.05, 3.63) is 33.8 Å². The summed E-state index contributed by atoms with van der Waals surface area (Å²) in [6.45, 7) is 0. The first-order chi connectivity index (χ1) is 9.93. The van der Waals surface area contributed by atoms with Gasteiger partial charge < -0.3 is 5.32 Å². The minimum Gasteiger partial charge on any atom is -0.307 e. The summed E-state index contributed by atoms with van der Waals surface area (Å²) < 4.78 is 39.1. The molecule has 116 valence electrons. The maximum atomic E-state index is 12.7. The summed E-state index contributed by atoms with van der Waals surface area (Å²) in [6, 6.07) is 6.85. The molecule has 1 nitrogen and oxygen atoms in total. The van der Waals surface area contributed by atoms with Gasteiger partial charge in [0.25, 0.3) is 0 Å². The van der Waals surface area contributed by atoms with Crippen molar-refractivity contribution in [3.8, 4) is 0 Å². The Balaban J connectivity index is 1.58. The van der Waals surface area contributed by atoms with Gasteiger partial charge in [0, 0.05) is 16.6 Å². The maximum absolute atomic E-state index is 12.7. The predicted molar refractivity (Wildman–Crippen MR) is 80.1 cm³/mol. The highest BCUT2D eigenvalue weighted by molar-refractivity contribution is 9.10. The van der Waals surface area contributed by atoms with E-state index >= 15 is 0 Å². The quantitative estimate of drug-likeness (QED) is 0.768. The molecule has 1 aromatic rings. The van der Waals surface area contributed by atoms with E-state index in [1.165, 1.54) is 11.1 Å². The van der Waals surface area contributed by atoms with Crippen molar-refractivity contribution >= 4 is 15.9 Å². The van der Waals surface area contributed by atoms with Crippen LogP contribution in [0, 0.1) is 5.92 Å². The van der Waals surface area contributed by atoms with Crippen molar-refractivity contribution in [1.82, 2.24) is 5.32 Å². The van der Waals surface area contributed by atoms with Crippen molar-refractivity contribution in [1.29, 1.82) is 0 Å². The summed E-state index contributed by atoms with van der Waals surface area (Å²) in [5, 5.41) is 3.58. The smallest absolute Gasteiger partial charge is 0.307 e. The lowest BCUT2D eigenvalue weighted by molar-refractivity contribution is -0.182. The van der Waals surface area contributed by atoms with Gasteiger partial charge in [-0.1, -0.05) is 22.0 Å². The topological polar surface area (TPSA) is 12.0 Å². The molecule has 3 rings (SSSR count). The second-order valence-electron chi connectivity index (χ2n) is 6.19. The summed E-state index contributed by atoms with van der Waals surface area (Å²) in [6.07, 6.45) is -0.131. The molecule has 0 saturated heterocycles. The third kappa shape index (κ3) is 3.45. The lowest BCUT2D eigenvalue weighted by Gasteiger charge is -2.32. The first-order valence-corrected chi connectivity index (χ1v) is 8.34. The van der Waals surface area contributed by atoms with Crippen LogP contribution in [0.4, 0.5) is 13.2 Å². The van der Waals surface area contributed by atoms with E-state index in [4.69, 9.17) is 0 Å². The summed E-state index contributed by atoms with van der Waals surface area (Å²) in [4.78, 5) is 0. The SMILES string of the molecule is FC(F)(F)C1CCC(NC2CCc3cc(Br)ccc32)CC1. The third-order valence-electron chi connectivity index (χ3n) is 4.81. The van der Waals surface area contributed by atoms with Crippen LogP contribution in [0.2, 0.25) is 0 Å². The second-order valence-corrected chi connectivity index (χ2v) is 7.11. The lowest BCUT2D eigenvalue weighted by Crippen LogP contribution is -2.38. The average Bonchev–Trinajstić information content (AvgIpc) is 2.80. The second kappa shape index (κ2) is 5.92. The molecule has 5 heteroatoms. The molecule has 1 saturated carbocycles. The van der Waals surface area contributed by atoms with Gasteiger partial charge in [-0.25, -0.2) is 0 Å².